The van der Waals surface area contributed by atoms with Gasteiger partial charge in [0.05, 0.1) is 5.69 Å². The first-order chi connectivity index (χ1) is 11.1. The molecule has 128 valence electrons. The van der Waals surface area contributed by atoms with Crippen molar-refractivity contribution < 1.29 is 9.59 Å². The minimum atomic E-state index is -0.185. The van der Waals surface area contributed by atoms with Crippen molar-refractivity contribution in [1.82, 2.24) is 20.2 Å². The van der Waals surface area contributed by atoms with Gasteiger partial charge in [-0.1, -0.05) is 20.3 Å². The molecule has 2 N–H and O–H groups in total. The molecular formula is C17H28N4O2. The zero-order valence-electron chi connectivity index (χ0n) is 14.4. The molecule has 6 nitrogen and oxygen atoms in total. The van der Waals surface area contributed by atoms with Crippen LogP contribution in [0.4, 0.5) is 0 Å². The van der Waals surface area contributed by atoms with Crippen molar-refractivity contribution in [2.45, 2.75) is 71.9 Å². The zero-order valence-corrected chi connectivity index (χ0v) is 14.4. The first kappa shape index (κ1) is 17.5. The number of carbonyl (C=O) groups excluding carboxylic acids is 2. The van der Waals surface area contributed by atoms with Crippen LogP contribution >= 0.6 is 0 Å². The fraction of sp³-hybridized carbons (Fsp3) is 0.706. The van der Waals surface area contributed by atoms with Gasteiger partial charge in [0.15, 0.2) is 5.82 Å². The van der Waals surface area contributed by atoms with Gasteiger partial charge in [0.25, 0.3) is 11.8 Å². The first-order valence-electron chi connectivity index (χ1n) is 8.76. The van der Waals surface area contributed by atoms with Crippen molar-refractivity contribution in [2.75, 3.05) is 6.54 Å². The van der Waals surface area contributed by atoms with Gasteiger partial charge in [-0.05, 0) is 39.0 Å². The summed E-state index contributed by atoms with van der Waals surface area (Å²) in [6.07, 6.45) is 5.70. The Bertz CT molecular complexity index is 565. The fourth-order valence-corrected chi connectivity index (χ4v) is 2.75. The van der Waals surface area contributed by atoms with E-state index in [4.69, 9.17) is 0 Å². The Morgan fingerprint density at radius 2 is 2.04 bits per heavy atom. The van der Waals surface area contributed by atoms with Crippen LogP contribution in [-0.2, 0) is 13.0 Å². The largest absolute Gasteiger partial charge is 0.351 e. The highest BCUT2D eigenvalue weighted by Crippen LogP contribution is 2.21. The molecule has 0 saturated carbocycles. The smallest absolute Gasteiger partial charge is 0.287 e. The van der Waals surface area contributed by atoms with Crippen LogP contribution in [0.5, 0.6) is 0 Å². The molecule has 1 aliphatic rings. The van der Waals surface area contributed by atoms with Gasteiger partial charge < -0.3 is 15.2 Å². The number of amides is 2. The van der Waals surface area contributed by atoms with Gasteiger partial charge in [0, 0.05) is 19.1 Å². The summed E-state index contributed by atoms with van der Waals surface area (Å²) in [5, 5.41) is 5.85. The van der Waals surface area contributed by atoms with E-state index in [1.165, 1.54) is 0 Å². The molecular weight excluding hydrogens is 292 g/mol. The lowest BCUT2D eigenvalue weighted by molar-refractivity contribution is 0.0923. The third-order valence-corrected chi connectivity index (χ3v) is 4.34. The molecule has 0 saturated heterocycles. The molecule has 2 heterocycles. The SMILES string of the molecule is CCCCNC(=O)c1nc(C(=O)NC(C)CC)n2c1CCCC2. The molecule has 0 bridgehead atoms. The molecule has 0 fully saturated rings. The number of nitrogens with one attached hydrogen (secondary N) is 2. The third kappa shape index (κ3) is 4.12. The molecule has 1 aromatic rings. The van der Waals surface area contributed by atoms with E-state index in [0.29, 0.717) is 18.1 Å². The Kier molecular flexibility index (Phi) is 6.19. The van der Waals surface area contributed by atoms with Gasteiger partial charge in [-0.15, -0.1) is 0 Å². The van der Waals surface area contributed by atoms with E-state index >= 15 is 0 Å². The van der Waals surface area contributed by atoms with E-state index in [2.05, 4.69) is 22.5 Å². The standard InChI is InChI=1S/C17H28N4O2/c1-4-6-10-18-16(22)14-13-9-7-8-11-21(13)15(20-14)17(23)19-12(3)5-2/h12H,4-11H2,1-3H3,(H,18,22)(H,19,23). The summed E-state index contributed by atoms with van der Waals surface area (Å²) in [4.78, 5) is 29.2. The Hall–Kier alpha value is -1.85. The number of rotatable bonds is 7. The van der Waals surface area contributed by atoms with Crippen LogP contribution in [0.15, 0.2) is 0 Å². The van der Waals surface area contributed by atoms with Gasteiger partial charge in [-0.25, -0.2) is 4.98 Å². The summed E-state index contributed by atoms with van der Waals surface area (Å²) in [7, 11) is 0. The molecule has 2 amide bonds. The molecule has 0 aliphatic carbocycles. The van der Waals surface area contributed by atoms with Crippen molar-refractivity contribution >= 4 is 11.8 Å². The monoisotopic (exact) mass is 320 g/mol. The lowest BCUT2D eigenvalue weighted by Gasteiger charge is -2.18. The molecule has 2 rings (SSSR count). The van der Waals surface area contributed by atoms with E-state index < -0.39 is 0 Å². The first-order valence-corrected chi connectivity index (χ1v) is 8.76. The van der Waals surface area contributed by atoms with Crippen LogP contribution in [0.25, 0.3) is 0 Å². The van der Waals surface area contributed by atoms with Gasteiger partial charge in [-0.3, -0.25) is 9.59 Å². The number of imidazole rings is 1. The van der Waals surface area contributed by atoms with Gasteiger partial charge in [-0.2, -0.15) is 0 Å². The van der Waals surface area contributed by atoms with E-state index in [1.807, 2.05) is 18.4 Å². The summed E-state index contributed by atoms with van der Waals surface area (Å²) in [6, 6.07) is 0.0980. The number of nitrogens with zero attached hydrogens (tertiary/aromatic N) is 2. The van der Waals surface area contributed by atoms with Gasteiger partial charge >= 0.3 is 0 Å². The maximum atomic E-state index is 12.5. The molecule has 1 atom stereocenters. The molecule has 0 radical (unpaired) electrons. The number of aromatic nitrogens is 2. The second kappa shape index (κ2) is 8.13. The van der Waals surface area contributed by atoms with E-state index in [1.54, 1.807) is 0 Å². The fourth-order valence-electron chi connectivity index (χ4n) is 2.75. The Labute approximate surface area is 138 Å². The van der Waals surface area contributed by atoms with Crippen LogP contribution in [0.2, 0.25) is 0 Å². The summed E-state index contributed by atoms with van der Waals surface area (Å²) < 4.78 is 1.93. The van der Waals surface area contributed by atoms with Crippen LogP contribution < -0.4 is 10.6 Å². The Morgan fingerprint density at radius 1 is 1.26 bits per heavy atom. The molecule has 1 unspecified atom stereocenters. The van der Waals surface area contributed by atoms with Crippen molar-refractivity contribution in [3.05, 3.63) is 17.2 Å². The highest BCUT2D eigenvalue weighted by Gasteiger charge is 2.27. The van der Waals surface area contributed by atoms with Crippen LogP contribution in [0.3, 0.4) is 0 Å². The average Bonchev–Trinajstić information content (AvgIpc) is 2.94. The number of hydrogen-bond donors (Lipinski definition) is 2. The van der Waals surface area contributed by atoms with Crippen molar-refractivity contribution in [3.8, 4) is 0 Å². The number of unbranched alkanes of at least 4 members (excludes halogenated alkanes) is 1. The maximum Gasteiger partial charge on any atom is 0.287 e. The summed E-state index contributed by atoms with van der Waals surface area (Å²) in [5.41, 5.74) is 1.33. The van der Waals surface area contributed by atoms with Crippen molar-refractivity contribution in [2.24, 2.45) is 0 Å². The lowest BCUT2D eigenvalue weighted by atomic mass is 10.1. The van der Waals surface area contributed by atoms with Crippen LogP contribution in [-0.4, -0.2) is 34.0 Å². The van der Waals surface area contributed by atoms with E-state index in [9.17, 15) is 9.59 Å². The molecule has 0 spiro atoms. The minimum absolute atomic E-state index is 0.0980. The summed E-state index contributed by atoms with van der Waals surface area (Å²) >= 11 is 0. The Morgan fingerprint density at radius 3 is 2.74 bits per heavy atom. The molecule has 23 heavy (non-hydrogen) atoms. The zero-order chi connectivity index (χ0) is 16.8. The summed E-state index contributed by atoms with van der Waals surface area (Å²) in [6.45, 7) is 7.49. The molecule has 1 aliphatic heterocycles. The normalized spacial score (nSPS) is 14.9. The predicted octanol–water partition coefficient (Wildman–Crippen LogP) is 2.28. The van der Waals surface area contributed by atoms with Gasteiger partial charge in [0.1, 0.15) is 5.69 Å². The second-order valence-corrected chi connectivity index (χ2v) is 6.23. The number of hydrogen-bond acceptors (Lipinski definition) is 3. The Balaban J connectivity index is 2.23. The third-order valence-electron chi connectivity index (χ3n) is 4.34. The second-order valence-electron chi connectivity index (χ2n) is 6.23. The van der Waals surface area contributed by atoms with E-state index in [-0.39, 0.29) is 17.9 Å². The predicted molar refractivity (Wildman–Crippen MR) is 89.6 cm³/mol. The van der Waals surface area contributed by atoms with E-state index in [0.717, 1.165) is 50.8 Å². The van der Waals surface area contributed by atoms with Crippen LogP contribution in [0.1, 0.15) is 79.7 Å². The highest BCUT2D eigenvalue weighted by molar-refractivity contribution is 5.97. The quantitative estimate of drug-likeness (QED) is 0.757. The van der Waals surface area contributed by atoms with Crippen molar-refractivity contribution in [1.29, 1.82) is 0 Å². The number of carbonyl (C=O) groups is 2. The molecule has 0 aromatic carbocycles. The maximum absolute atomic E-state index is 12.5. The average molecular weight is 320 g/mol. The molecule has 6 heteroatoms. The summed E-state index contributed by atoms with van der Waals surface area (Å²) in [5.74, 6) is 0.0300. The highest BCUT2D eigenvalue weighted by atomic mass is 16.2. The minimum Gasteiger partial charge on any atom is -0.351 e. The molecule has 1 aromatic heterocycles. The topological polar surface area (TPSA) is 76.0 Å². The van der Waals surface area contributed by atoms with Crippen molar-refractivity contribution in [3.63, 3.8) is 0 Å². The lowest BCUT2D eigenvalue weighted by Crippen LogP contribution is -2.34. The number of fused-ring (bicyclic) bond motifs is 1. The van der Waals surface area contributed by atoms with Crippen LogP contribution in [0, 0.1) is 0 Å². The van der Waals surface area contributed by atoms with Gasteiger partial charge in [0.2, 0.25) is 0 Å².